The molecule has 2 heterocycles. The summed E-state index contributed by atoms with van der Waals surface area (Å²) in [4.78, 5) is 30.0. The fourth-order valence-electron chi connectivity index (χ4n) is 5.32. The van der Waals surface area contributed by atoms with Gasteiger partial charge in [-0.1, -0.05) is 84.4 Å². The third-order valence-electron chi connectivity index (χ3n) is 6.94. The number of carbonyl (C=O) groups excluding carboxylic acids is 2. The first-order valence-electron chi connectivity index (χ1n) is 11.5. The lowest BCUT2D eigenvalue weighted by molar-refractivity contribution is -1.03. The van der Waals surface area contributed by atoms with Gasteiger partial charge >= 0.3 is 0 Å². The summed E-state index contributed by atoms with van der Waals surface area (Å²) in [6.07, 6.45) is 0.246. The standard InChI is InChI=1S/C27H26ClN3O2/c28-22-13-7-8-14-23(22)31-25(32)19-24(27(31)33)29-15-17-30(18-16-29)26(20-9-3-1-4-10-20)21-11-5-2-6-12-21/h1-14,24,26H,15-19H2/p+2/t24-/m0/s1. The number of amides is 2. The molecule has 0 aromatic heterocycles. The molecule has 5 rings (SSSR count). The quantitative estimate of drug-likeness (QED) is 0.566. The van der Waals surface area contributed by atoms with E-state index in [4.69, 9.17) is 11.6 Å². The number of hydrogen-bond acceptors (Lipinski definition) is 2. The molecule has 0 saturated carbocycles. The zero-order valence-electron chi connectivity index (χ0n) is 18.4. The molecule has 0 aliphatic carbocycles. The molecule has 6 heteroatoms. The van der Waals surface area contributed by atoms with E-state index in [1.54, 1.807) is 24.3 Å². The van der Waals surface area contributed by atoms with Crippen molar-refractivity contribution in [1.82, 2.24) is 0 Å². The van der Waals surface area contributed by atoms with Crippen LogP contribution in [0.1, 0.15) is 23.6 Å². The number of anilines is 1. The molecule has 1 atom stereocenters. The number of para-hydroxylation sites is 1. The number of benzene rings is 3. The van der Waals surface area contributed by atoms with Crippen LogP contribution in [-0.4, -0.2) is 44.0 Å². The fourth-order valence-corrected chi connectivity index (χ4v) is 5.54. The van der Waals surface area contributed by atoms with E-state index in [-0.39, 0.29) is 30.3 Å². The normalized spacial score (nSPS) is 23.3. The summed E-state index contributed by atoms with van der Waals surface area (Å²) in [6, 6.07) is 28.3. The van der Waals surface area contributed by atoms with Gasteiger partial charge in [0.2, 0.25) is 5.91 Å². The van der Waals surface area contributed by atoms with Gasteiger partial charge in [-0.25, -0.2) is 4.90 Å². The SMILES string of the molecule is O=C1C[C@H]([NH+]2CC[NH+](C(c3ccccc3)c3ccccc3)CC2)C(=O)N1c1ccccc1Cl. The summed E-state index contributed by atoms with van der Waals surface area (Å²) in [7, 11) is 0. The maximum Gasteiger partial charge on any atom is 0.292 e. The molecular formula is C27H28ClN3O2+2. The first kappa shape index (κ1) is 21.8. The van der Waals surface area contributed by atoms with E-state index in [0.717, 1.165) is 26.2 Å². The van der Waals surface area contributed by atoms with Gasteiger partial charge in [-0.2, -0.15) is 0 Å². The highest BCUT2D eigenvalue weighted by molar-refractivity contribution is 6.36. The van der Waals surface area contributed by atoms with E-state index in [9.17, 15) is 9.59 Å². The van der Waals surface area contributed by atoms with Crippen LogP contribution in [-0.2, 0) is 9.59 Å². The molecule has 5 nitrogen and oxygen atoms in total. The number of nitrogens with one attached hydrogen (secondary N) is 2. The van der Waals surface area contributed by atoms with Gasteiger partial charge in [0, 0.05) is 11.1 Å². The van der Waals surface area contributed by atoms with Crippen LogP contribution in [0.4, 0.5) is 5.69 Å². The van der Waals surface area contributed by atoms with Crippen LogP contribution in [0, 0.1) is 0 Å². The van der Waals surface area contributed by atoms with E-state index in [2.05, 4.69) is 60.7 Å². The molecule has 0 radical (unpaired) electrons. The lowest BCUT2D eigenvalue weighted by Crippen LogP contribution is -3.30. The topological polar surface area (TPSA) is 46.3 Å². The van der Waals surface area contributed by atoms with E-state index in [0.29, 0.717) is 10.7 Å². The van der Waals surface area contributed by atoms with E-state index in [1.165, 1.54) is 25.8 Å². The summed E-state index contributed by atoms with van der Waals surface area (Å²) in [5.41, 5.74) is 3.10. The van der Waals surface area contributed by atoms with Crippen molar-refractivity contribution in [1.29, 1.82) is 0 Å². The van der Waals surface area contributed by atoms with E-state index < -0.39 is 0 Å². The lowest BCUT2D eigenvalue weighted by Gasteiger charge is -2.36. The van der Waals surface area contributed by atoms with Crippen LogP contribution in [0.2, 0.25) is 5.02 Å². The van der Waals surface area contributed by atoms with Gasteiger partial charge in [0.05, 0.1) is 17.1 Å². The molecule has 2 fully saturated rings. The maximum absolute atomic E-state index is 13.2. The largest absolute Gasteiger partial charge is 0.316 e. The molecule has 33 heavy (non-hydrogen) atoms. The summed E-state index contributed by atoms with van der Waals surface area (Å²) in [5.74, 6) is -0.291. The van der Waals surface area contributed by atoms with Gasteiger partial charge in [0.15, 0.2) is 6.04 Å². The molecule has 2 amide bonds. The van der Waals surface area contributed by atoms with Gasteiger partial charge in [0.25, 0.3) is 5.91 Å². The van der Waals surface area contributed by atoms with Crippen molar-refractivity contribution in [2.75, 3.05) is 31.1 Å². The van der Waals surface area contributed by atoms with Crippen LogP contribution in [0.3, 0.4) is 0 Å². The van der Waals surface area contributed by atoms with Crippen molar-refractivity contribution in [3.05, 3.63) is 101 Å². The van der Waals surface area contributed by atoms with Gasteiger partial charge in [-0.05, 0) is 12.1 Å². The van der Waals surface area contributed by atoms with Crippen molar-refractivity contribution in [3.63, 3.8) is 0 Å². The molecule has 0 spiro atoms. The van der Waals surface area contributed by atoms with E-state index >= 15 is 0 Å². The summed E-state index contributed by atoms with van der Waals surface area (Å²) in [6.45, 7) is 3.58. The fraction of sp³-hybridized carbons (Fsp3) is 0.259. The summed E-state index contributed by atoms with van der Waals surface area (Å²) >= 11 is 6.28. The number of rotatable bonds is 5. The van der Waals surface area contributed by atoms with Crippen LogP contribution in [0.25, 0.3) is 0 Å². The number of nitrogens with zero attached hydrogens (tertiary/aromatic N) is 1. The summed E-state index contributed by atoms with van der Waals surface area (Å²) in [5, 5.41) is 0.428. The second kappa shape index (κ2) is 9.48. The molecule has 2 aliphatic rings. The number of imide groups is 1. The monoisotopic (exact) mass is 461 g/mol. The Morgan fingerprint density at radius 2 is 1.30 bits per heavy atom. The average molecular weight is 462 g/mol. The van der Waals surface area contributed by atoms with Crippen molar-refractivity contribution in [3.8, 4) is 0 Å². The van der Waals surface area contributed by atoms with Crippen molar-refractivity contribution in [2.45, 2.75) is 18.5 Å². The van der Waals surface area contributed by atoms with Gasteiger partial charge < -0.3 is 9.80 Å². The number of piperazine rings is 1. The number of halogens is 1. The molecular weight excluding hydrogens is 434 g/mol. The van der Waals surface area contributed by atoms with Crippen LogP contribution in [0.15, 0.2) is 84.9 Å². The Balaban J connectivity index is 1.32. The van der Waals surface area contributed by atoms with Gasteiger partial charge in [-0.3, -0.25) is 9.59 Å². The van der Waals surface area contributed by atoms with E-state index in [1.807, 2.05) is 0 Å². The smallest absolute Gasteiger partial charge is 0.292 e. The van der Waals surface area contributed by atoms with Crippen molar-refractivity contribution < 1.29 is 19.4 Å². The Hall–Kier alpha value is -2.99. The maximum atomic E-state index is 13.2. The minimum Gasteiger partial charge on any atom is -0.316 e. The van der Waals surface area contributed by atoms with Crippen molar-refractivity contribution >= 4 is 29.1 Å². The second-order valence-corrected chi connectivity index (χ2v) is 9.25. The molecule has 2 saturated heterocycles. The Bertz CT molecular complexity index is 1090. The predicted octanol–water partition coefficient (Wildman–Crippen LogP) is 1.54. The molecule has 2 N–H and O–H groups in total. The predicted molar refractivity (Wildman–Crippen MR) is 128 cm³/mol. The Morgan fingerprint density at radius 1 is 0.758 bits per heavy atom. The molecule has 0 bridgehead atoms. The molecule has 3 aromatic rings. The summed E-state index contributed by atoms with van der Waals surface area (Å²) < 4.78 is 0. The van der Waals surface area contributed by atoms with Gasteiger partial charge in [-0.15, -0.1) is 0 Å². The molecule has 168 valence electrons. The Labute approximate surface area is 199 Å². The number of quaternary nitrogens is 2. The highest BCUT2D eigenvalue weighted by Gasteiger charge is 2.48. The lowest BCUT2D eigenvalue weighted by atomic mass is 9.96. The third kappa shape index (κ3) is 4.32. The number of carbonyl (C=O) groups is 2. The second-order valence-electron chi connectivity index (χ2n) is 8.85. The van der Waals surface area contributed by atoms with Crippen LogP contribution < -0.4 is 14.7 Å². The average Bonchev–Trinajstić information content (AvgIpc) is 3.15. The van der Waals surface area contributed by atoms with Gasteiger partial charge in [0.1, 0.15) is 32.2 Å². The Kier molecular flexibility index (Phi) is 6.27. The zero-order chi connectivity index (χ0) is 22.8. The highest BCUT2D eigenvalue weighted by Crippen LogP contribution is 2.29. The van der Waals surface area contributed by atoms with Crippen LogP contribution in [0.5, 0.6) is 0 Å². The third-order valence-corrected chi connectivity index (χ3v) is 7.26. The first-order chi connectivity index (χ1) is 16.1. The minimum atomic E-state index is -0.331. The molecule has 3 aromatic carbocycles. The van der Waals surface area contributed by atoms with Crippen LogP contribution >= 0.6 is 11.6 Å². The Morgan fingerprint density at radius 3 is 1.88 bits per heavy atom. The van der Waals surface area contributed by atoms with Crippen molar-refractivity contribution in [2.24, 2.45) is 0 Å². The minimum absolute atomic E-state index is 0.130. The zero-order valence-corrected chi connectivity index (χ0v) is 19.2. The molecule has 0 unspecified atom stereocenters. The molecule has 2 aliphatic heterocycles. The highest BCUT2D eigenvalue weighted by atomic mass is 35.5. The number of hydrogen-bond donors (Lipinski definition) is 2. The first-order valence-corrected chi connectivity index (χ1v) is 11.9.